The van der Waals surface area contributed by atoms with Crippen molar-refractivity contribution < 1.29 is 43.8 Å². The molecule has 4 heterocycles. The molecule has 18 nitrogen and oxygen atoms in total. The Hall–Kier alpha value is -5.09. The van der Waals surface area contributed by atoms with Gasteiger partial charge in [0.2, 0.25) is 5.16 Å². The summed E-state index contributed by atoms with van der Waals surface area (Å²) in [6, 6.07) is 4.35. The number of β-lactam (4-membered cyclic amide) rings is 1. The summed E-state index contributed by atoms with van der Waals surface area (Å²) in [5, 5.41) is 49.1. The topological polar surface area (TPSA) is 261 Å². The van der Waals surface area contributed by atoms with Crippen LogP contribution in [0.2, 0.25) is 0 Å². The van der Waals surface area contributed by atoms with Crippen LogP contribution in [0.1, 0.15) is 11.3 Å². The first-order valence-electron chi connectivity index (χ1n) is 12.8. The zero-order chi connectivity index (χ0) is 33.0. The number of carbonyl (C=O) groups is 4. The Kier molecular flexibility index (Phi) is 9.77. The van der Waals surface area contributed by atoms with Gasteiger partial charge in [0.15, 0.2) is 16.6 Å². The van der Waals surface area contributed by atoms with Gasteiger partial charge in [-0.3, -0.25) is 14.5 Å². The van der Waals surface area contributed by atoms with E-state index in [0.29, 0.717) is 11.1 Å². The molecule has 0 spiro atoms. The average molecular weight is 693 g/mol. The van der Waals surface area contributed by atoms with Gasteiger partial charge in [0.05, 0.1) is 6.54 Å². The van der Waals surface area contributed by atoms with Gasteiger partial charge in [-0.25, -0.2) is 23.6 Å². The van der Waals surface area contributed by atoms with E-state index >= 15 is 0 Å². The standard InChI is InChI=1S/C24H21FN10O8S3/c25-12-3-1-10(2-4-12)6-43-31-15(14-9-45-23(26)27-14)18(36)28-16-19(37)35-17(22(40)41)11(7-44-20(16)35)8-46-24-29-32-33-34(24)5-13(30-42)21(38)39/h1-4,9,16,20,42H,5-8H2,(H2,26,27)(H,28,36)(H,38,39)(H,40,41)/t16?,20-/m1/s1. The van der Waals surface area contributed by atoms with E-state index in [9.17, 15) is 28.7 Å². The van der Waals surface area contributed by atoms with Crippen LogP contribution < -0.4 is 11.1 Å². The predicted octanol–water partition coefficient (Wildman–Crippen LogP) is 0.218. The number of carboxylic acids is 2. The summed E-state index contributed by atoms with van der Waals surface area (Å²) < 4.78 is 14.3. The van der Waals surface area contributed by atoms with Crippen LogP contribution >= 0.6 is 34.9 Å². The summed E-state index contributed by atoms with van der Waals surface area (Å²) in [5.74, 6) is -4.58. The lowest BCUT2D eigenvalue weighted by Gasteiger charge is -2.49. The molecule has 1 unspecified atom stereocenters. The molecule has 3 aromatic rings. The highest BCUT2D eigenvalue weighted by Gasteiger charge is 2.54. The molecule has 6 N–H and O–H groups in total. The third-order valence-electron chi connectivity index (χ3n) is 6.36. The summed E-state index contributed by atoms with van der Waals surface area (Å²) in [4.78, 5) is 60.4. The van der Waals surface area contributed by atoms with E-state index in [1.807, 2.05) is 0 Å². The zero-order valence-electron chi connectivity index (χ0n) is 23.0. The number of tetrazole rings is 1. The zero-order valence-corrected chi connectivity index (χ0v) is 25.5. The number of fused-ring (bicyclic) bond motifs is 1. The Labute approximate surface area is 269 Å². The molecule has 1 fully saturated rings. The Balaban J connectivity index is 1.28. The van der Waals surface area contributed by atoms with Crippen molar-refractivity contribution in [3.05, 3.63) is 58.0 Å². The molecule has 2 amide bonds. The number of halogens is 1. The number of rotatable bonds is 13. The number of carbonyl (C=O) groups excluding carboxylic acids is 2. The maximum Gasteiger partial charge on any atom is 0.355 e. The van der Waals surface area contributed by atoms with Gasteiger partial charge in [-0.05, 0) is 33.7 Å². The van der Waals surface area contributed by atoms with Gasteiger partial charge in [-0.15, -0.1) is 28.2 Å². The predicted molar refractivity (Wildman–Crippen MR) is 159 cm³/mol. The number of aromatic nitrogens is 5. The molecule has 1 saturated heterocycles. The van der Waals surface area contributed by atoms with E-state index in [-0.39, 0.29) is 45.5 Å². The number of amides is 2. The molecule has 1 aromatic carbocycles. The normalized spacial score (nSPS) is 18.2. The molecular formula is C24H21FN10O8S3. The molecule has 0 bridgehead atoms. The molecule has 0 radical (unpaired) electrons. The largest absolute Gasteiger partial charge is 0.477 e. The third kappa shape index (κ3) is 6.92. The lowest BCUT2D eigenvalue weighted by Crippen LogP contribution is -2.71. The van der Waals surface area contributed by atoms with Crippen LogP contribution in [0.4, 0.5) is 9.52 Å². The smallest absolute Gasteiger partial charge is 0.355 e. The van der Waals surface area contributed by atoms with Crippen LogP contribution in [0.5, 0.6) is 0 Å². The van der Waals surface area contributed by atoms with Crippen LogP contribution in [-0.4, -0.2) is 104 Å². The fourth-order valence-electron chi connectivity index (χ4n) is 4.19. The van der Waals surface area contributed by atoms with Crippen molar-refractivity contribution in [3.8, 4) is 0 Å². The van der Waals surface area contributed by atoms with E-state index in [2.05, 4.69) is 36.1 Å². The molecule has 2 aromatic heterocycles. The quantitative estimate of drug-likeness (QED) is 0.0527. The number of nitrogen functional groups attached to an aromatic ring is 1. The number of nitrogens with one attached hydrogen (secondary N) is 1. The Morgan fingerprint density at radius 3 is 2.65 bits per heavy atom. The minimum Gasteiger partial charge on any atom is -0.477 e. The van der Waals surface area contributed by atoms with Crippen molar-refractivity contribution in [2.24, 2.45) is 10.3 Å². The van der Waals surface area contributed by atoms with Gasteiger partial charge in [0.25, 0.3) is 11.8 Å². The maximum absolute atomic E-state index is 13.3. The fourth-order valence-corrected chi connectivity index (χ4v) is 7.10. The second kappa shape index (κ2) is 13.9. The molecule has 5 rings (SSSR count). The fraction of sp³-hybridized carbons (Fsp3) is 0.250. The van der Waals surface area contributed by atoms with Gasteiger partial charge in [0, 0.05) is 16.9 Å². The van der Waals surface area contributed by atoms with Crippen molar-refractivity contribution in [2.45, 2.75) is 29.7 Å². The second-order valence-electron chi connectivity index (χ2n) is 9.29. The first-order chi connectivity index (χ1) is 22.1. The molecule has 0 saturated carbocycles. The summed E-state index contributed by atoms with van der Waals surface area (Å²) in [6.07, 6.45) is 0. The van der Waals surface area contributed by atoms with Crippen molar-refractivity contribution >= 4 is 75.2 Å². The third-order valence-corrected chi connectivity index (χ3v) is 9.41. The summed E-state index contributed by atoms with van der Waals surface area (Å²) in [7, 11) is 0. The van der Waals surface area contributed by atoms with Gasteiger partial charge in [-0.2, -0.15) is 0 Å². The highest BCUT2D eigenvalue weighted by molar-refractivity contribution is 8.01. The number of hydrogen-bond acceptors (Lipinski definition) is 16. The van der Waals surface area contributed by atoms with Crippen molar-refractivity contribution in [1.82, 2.24) is 35.4 Å². The molecule has 2 atom stereocenters. The first kappa shape index (κ1) is 32.3. The van der Waals surface area contributed by atoms with Crippen LogP contribution in [-0.2, 0) is 37.2 Å². The van der Waals surface area contributed by atoms with Crippen molar-refractivity contribution in [3.63, 3.8) is 0 Å². The number of thiazole rings is 1. The number of nitrogens with zero attached hydrogens (tertiary/aromatic N) is 8. The monoisotopic (exact) mass is 692 g/mol. The Bertz CT molecular complexity index is 1780. The number of aliphatic carboxylic acids is 2. The van der Waals surface area contributed by atoms with E-state index in [4.69, 9.17) is 20.9 Å². The summed E-state index contributed by atoms with van der Waals surface area (Å²) >= 11 is 3.25. The number of thioether (sulfide) groups is 2. The number of oxime groups is 2. The maximum atomic E-state index is 13.3. The molecule has 0 aliphatic carbocycles. The van der Waals surface area contributed by atoms with Crippen LogP contribution in [0.3, 0.4) is 0 Å². The van der Waals surface area contributed by atoms with Crippen molar-refractivity contribution in [1.29, 1.82) is 0 Å². The lowest BCUT2D eigenvalue weighted by molar-refractivity contribution is -0.150. The molecule has 22 heteroatoms. The number of benzene rings is 1. The number of nitrogens with two attached hydrogens (primary N) is 1. The summed E-state index contributed by atoms with van der Waals surface area (Å²) in [6.45, 7) is -0.550. The highest BCUT2D eigenvalue weighted by atomic mass is 32.2. The Morgan fingerprint density at radius 2 is 2.00 bits per heavy atom. The SMILES string of the molecule is Nc1nc(C(=NOCc2ccc(F)cc2)C(=O)NC2C(=O)N3C(C(=O)O)=C(CSc4nnnn4CC(=NO)C(=O)O)CS[C@H]23)cs1. The summed E-state index contributed by atoms with van der Waals surface area (Å²) in [5.41, 5.74) is 5.58. The Morgan fingerprint density at radius 1 is 1.24 bits per heavy atom. The molecule has 2 aliphatic rings. The van der Waals surface area contributed by atoms with Gasteiger partial charge < -0.3 is 31.3 Å². The van der Waals surface area contributed by atoms with Crippen molar-refractivity contribution in [2.75, 3.05) is 17.2 Å². The van der Waals surface area contributed by atoms with Gasteiger partial charge in [-0.1, -0.05) is 34.2 Å². The van der Waals surface area contributed by atoms with Gasteiger partial charge >= 0.3 is 11.9 Å². The average Bonchev–Trinajstić information content (AvgIpc) is 3.67. The number of hydrogen-bond donors (Lipinski definition) is 5. The van der Waals surface area contributed by atoms with E-state index in [0.717, 1.165) is 32.7 Å². The minimum atomic E-state index is -1.48. The molecule has 240 valence electrons. The molecular weight excluding hydrogens is 672 g/mol. The van der Waals surface area contributed by atoms with E-state index < -0.39 is 53.2 Å². The lowest BCUT2D eigenvalue weighted by atomic mass is 10.0. The van der Waals surface area contributed by atoms with E-state index in [1.54, 1.807) is 0 Å². The number of carboxylic acid groups (broad SMARTS) is 2. The van der Waals surface area contributed by atoms with Crippen LogP contribution in [0.15, 0.2) is 56.4 Å². The highest BCUT2D eigenvalue weighted by Crippen LogP contribution is 2.41. The van der Waals surface area contributed by atoms with Gasteiger partial charge in [0.1, 0.15) is 35.2 Å². The van der Waals surface area contributed by atoms with Crippen LogP contribution in [0, 0.1) is 5.82 Å². The minimum absolute atomic E-state index is 0.0225. The van der Waals surface area contributed by atoms with E-state index in [1.165, 1.54) is 41.4 Å². The first-order valence-corrected chi connectivity index (χ1v) is 15.7. The second-order valence-corrected chi connectivity index (χ2v) is 12.2. The number of anilines is 1. The molecule has 2 aliphatic heterocycles. The van der Waals surface area contributed by atoms with Crippen LogP contribution in [0.25, 0.3) is 0 Å². The molecule has 46 heavy (non-hydrogen) atoms.